The van der Waals surface area contributed by atoms with E-state index in [0.29, 0.717) is 19.8 Å². The summed E-state index contributed by atoms with van der Waals surface area (Å²) >= 11 is 0. The summed E-state index contributed by atoms with van der Waals surface area (Å²) in [6.07, 6.45) is 2.02. The molecule has 0 spiro atoms. The molecule has 1 aromatic rings. The van der Waals surface area contributed by atoms with Crippen molar-refractivity contribution < 1.29 is 9.53 Å². The molecule has 0 radical (unpaired) electrons. The smallest absolute Gasteiger partial charge is 0.237 e. The second kappa shape index (κ2) is 8.95. The maximum Gasteiger partial charge on any atom is 0.237 e. The Labute approximate surface area is 126 Å². The van der Waals surface area contributed by atoms with Gasteiger partial charge in [0.2, 0.25) is 5.91 Å². The molecule has 1 saturated heterocycles. The van der Waals surface area contributed by atoms with E-state index in [1.165, 1.54) is 0 Å². The summed E-state index contributed by atoms with van der Waals surface area (Å²) in [7, 11) is 0. The summed E-state index contributed by atoms with van der Waals surface area (Å²) in [5, 5.41) is 6.21. The molecule has 0 bridgehead atoms. The van der Waals surface area contributed by atoms with Crippen LogP contribution < -0.4 is 10.6 Å². The molecule has 1 aliphatic heterocycles. The van der Waals surface area contributed by atoms with Gasteiger partial charge in [0.1, 0.15) is 0 Å². The maximum atomic E-state index is 11.9. The summed E-state index contributed by atoms with van der Waals surface area (Å²) in [5.74, 6) is 0.101. The Morgan fingerprint density at radius 1 is 1.40 bits per heavy atom. The number of ether oxygens (including phenoxy) is 1. The minimum absolute atomic E-state index is 0. The predicted octanol–water partition coefficient (Wildman–Crippen LogP) is 2.01. The second-order valence-corrected chi connectivity index (χ2v) is 4.77. The first kappa shape index (κ1) is 17.0. The summed E-state index contributed by atoms with van der Waals surface area (Å²) in [4.78, 5) is 11.9. The van der Waals surface area contributed by atoms with Gasteiger partial charge in [-0.25, -0.2) is 0 Å². The van der Waals surface area contributed by atoms with Crippen LogP contribution in [0.5, 0.6) is 0 Å². The van der Waals surface area contributed by atoms with Crippen molar-refractivity contribution in [1.82, 2.24) is 10.6 Å². The van der Waals surface area contributed by atoms with E-state index in [2.05, 4.69) is 10.6 Å². The average molecular weight is 299 g/mol. The number of carbonyl (C=O) groups excluding carboxylic acids is 1. The van der Waals surface area contributed by atoms with E-state index in [4.69, 9.17) is 4.74 Å². The topological polar surface area (TPSA) is 50.4 Å². The Morgan fingerprint density at radius 2 is 2.15 bits per heavy atom. The first-order valence-corrected chi connectivity index (χ1v) is 6.97. The fraction of sp³-hybridized carbons (Fsp3) is 0.533. The fourth-order valence-corrected chi connectivity index (χ4v) is 2.30. The summed E-state index contributed by atoms with van der Waals surface area (Å²) < 4.78 is 5.44. The molecule has 1 aliphatic rings. The number of benzene rings is 1. The first-order valence-electron chi connectivity index (χ1n) is 6.97. The molecule has 1 aromatic carbocycles. The number of nitrogens with one attached hydrogen (secondary N) is 2. The number of hydrogen-bond acceptors (Lipinski definition) is 3. The number of carbonyl (C=O) groups is 1. The molecular formula is C15H23ClN2O2. The van der Waals surface area contributed by atoms with Crippen LogP contribution in [-0.2, 0) is 22.7 Å². The van der Waals surface area contributed by atoms with Gasteiger partial charge in [0.15, 0.2) is 0 Å². The third kappa shape index (κ3) is 4.78. The zero-order valence-electron chi connectivity index (χ0n) is 11.9. The molecule has 0 saturated carbocycles. The Morgan fingerprint density at radius 3 is 2.80 bits per heavy atom. The highest BCUT2D eigenvalue weighted by Gasteiger charge is 2.21. The van der Waals surface area contributed by atoms with Crippen molar-refractivity contribution in [3.05, 3.63) is 35.4 Å². The van der Waals surface area contributed by atoms with Crippen LogP contribution in [0.15, 0.2) is 24.3 Å². The van der Waals surface area contributed by atoms with Crippen LogP contribution in [0.1, 0.15) is 30.9 Å². The Hall–Kier alpha value is -1.10. The Kier molecular flexibility index (Phi) is 7.59. The highest BCUT2D eigenvalue weighted by atomic mass is 35.5. The normalized spacial score (nSPS) is 17.6. The summed E-state index contributed by atoms with van der Waals surface area (Å²) in [6, 6.07) is 8.06. The molecule has 0 aromatic heterocycles. The predicted molar refractivity (Wildman–Crippen MR) is 81.9 cm³/mol. The maximum absolute atomic E-state index is 11.9. The van der Waals surface area contributed by atoms with Crippen molar-refractivity contribution in [1.29, 1.82) is 0 Å². The molecule has 1 heterocycles. The van der Waals surface area contributed by atoms with E-state index in [-0.39, 0.29) is 24.4 Å². The van der Waals surface area contributed by atoms with Gasteiger partial charge in [0, 0.05) is 13.2 Å². The number of halogens is 1. The van der Waals surface area contributed by atoms with E-state index < -0.39 is 0 Å². The zero-order valence-corrected chi connectivity index (χ0v) is 12.7. The Bertz CT molecular complexity index is 420. The van der Waals surface area contributed by atoms with Gasteiger partial charge in [0.25, 0.3) is 0 Å². The van der Waals surface area contributed by atoms with Crippen molar-refractivity contribution in [2.24, 2.45) is 0 Å². The van der Waals surface area contributed by atoms with Gasteiger partial charge in [-0.2, -0.15) is 0 Å². The van der Waals surface area contributed by atoms with Crippen LogP contribution in [0, 0.1) is 0 Å². The lowest BCUT2D eigenvalue weighted by Crippen LogP contribution is -2.40. The van der Waals surface area contributed by atoms with Crippen molar-refractivity contribution >= 4 is 18.3 Å². The van der Waals surface area contributed by atoms with E-state index in [1.54, 1.807) is 0 Å². The molecule has 1 atom stereocenters. The molecule has 1 fully saturated rings. The van der Waals surface area contributed by atoms with Gasteiger partial charge in [-0.1, -0.05) is 24.3 Å². The monoisotopic (exact) mass is 298 g/mol. The van der Waals surface area contributed by atoms with Crippen molar-refractivity contribution in [2.75, 3.05) is 13.2 Å². The van der Waals surface area contributed by atoms with Gasteiger partial charge < -0.3 is 15.4 Å². The standard InChI is InChI=1S/C15H22N2O2.ClH/c1-2-19-11-13-7-4-3-6-12(13)10-17-15(18)14-8-5-9-16-14;/h3-4,6-7,14,16H,2,5,8-11H2,1H3,(H,17,18);1H. The SMILES string of the molecule is CCOCc1ccccc1CNC(=O)C1CCCN1.Cl. The fourth-order valence-electron chi connectivity index (χ4n) is 2.30. The quantitative estimate of drug-likeness (QED) is 0.845. The van der Waals surface area contributed by atoms with Gasteiger partial charge in [0.05, 0.1) is 12.6 Å². The number of rotatable bonds is 6. The van der Waals surface area contributed by atoms with Crippen LogP contribution in [0.3, 0.4) is 0 Å². The lowest BCUT2D eigenvalue weighted by Gasteiger charge is -2.13. The van der Waals surface area contributed by atoms with E-state index in [9.17, 15) is 4.79 Å². The van der Waals surface area contributed by atoms with Gasteiger partial charge in [-0.15, -0.1) is 12.4 Å². The zero-order chi connectivity index (χ0) is 13.5. The number of hydrogen-bond donors (Lipinski definition) is 2. The molecule has 1 amide bonds. The van der Waals surface area contributed by atoms with Crippen LogP contribution in [0.2, 0.25) is 0 Å². The Balaban J connectivity index is 0.00000200. The third-order valence-electron chi connectivity index (χ3n) is 3.41. The van der Waals surface area contributed by atoms with Crippen molar-refractivity contribution in [3.63, 3.8) is 0 Å². The lowest BCUT2D eigenvalue weighted by atomic mass is 10.1. The van der Waals surface area contributed by atoms with Crippen LogP contribution >= 0.6 is 12.4 Å². The first-order chi connectivity index (χ1) is 9.31. The van der Waals surface area contributed by atoms with Crippen molar-refractivity contribution in [2.45, 2.75) is 39.0 Å². The lowest BCUT2D eigenvalue weighted by molar-refractivity contribution is -0.122. The molecule has 2 rings (SSSR count). The highest BCUT2D eigenvalue weighted by molar-refractivity contribution is 5.85. The largest absolute Gasteiger partial charge is 0.377 e. The van der Waals surface area contributed by atoms with Crippen LogP contribution in [0.25, 0.3) is 0 Å². The molecule has 1 unspecified atom stereocenters. The molecular weight excluding hydrogens is 276 g/mol. The molecule has 2 N–H and O–H groups in total. The third-order valence-corrected chi connectivity index (χ3v) is 3.41. The minimum atomic E-state index is -0.0148. The van der Waals surface area contributed by atoms with Crippen molar-refractivity contribution in [3.8, 4) is 0 Å². The average Bonchev–Trinajstić information content (AvgIpc) is 2.97. The summed E-state index contributed by atoms with van der Waals surface area (Å²) in [6.45, 7) is 4.80. The molecule has 20 heavy (non-hydrogen) atoms. The van der Waals surface area contributed by atoms with Crippen LogP contribution in [0.4, 0.5) is 0 Å². The van der Waals surface area contributed by atoms with E-state index >= 15 is 0 Å². The molecule has 0 aliphatic carbocycles. The second-order valence-electron chi connectivity index (χ2n) is 4.77. The van der Waals surface area contributed by atoms with Crippen LogP contribution in [-0.4, -0.2) is 25.1 Å². The van der Waals surface area contributed by atoms with Gasteiger partial charge in [-0.05, 0) is 37.4 Å². The van der Waals surface area contributed by atoms with E-state index in [0.717, 1.165) is 30.5 Å². The molecule has 5 heteroatoms. The molecule has 4 nitrogen and oxygen atoms in total. The number of amides is 1. The van der Waals surface area contributed by atoms with Gasteiger partial charge in [-0.3, -0.25) is 4.79 Å². The summed E-state index contributed by atoms with van der Waals surface area (Å²) in [5.41, 5.74) is 2.27. The van der Waals surface area contributed by atoms with Gasteiger partial charge >= 0.3 is 0 Å². The molecule has 112 valence electrons. The van der Waals surface area contributed by atoms with E-state index in [1.807, 2.05) is 31.2 Å². The minimum Gasteiger partial charge on any atom is -0.377 e. The highest BCUT2D eigenvalue weighted by Crippen LogP contribution is 2.11.